The minimum atomic E-state index is -0.366. The van der Waals surface area contributed by atoms with E-state index in [0.717, 1.165) is 13.1 Å². The van der Waals surface area contributed by atoms with Crippen LogP contribution in [0.3, 0.4) is 0 Å². The molecular formula is C15H26N4O2. The van der Waals surface area contributed by atoms with E-state index in [1.807, 2.05) is 6.92 Å². The molecule has 6 nitrogen and oxygen atoms in total. The third-order valence-electron chi connectivity index (χ3n) is 2.86. The molecule has 1 aromatic heterocycles. The van der Waals surface area contributed by atoms with Crippen LogP contribution in [0.2, 0.25) is 0 Å². The lowest BCUT2D eigenvalue weighted by Gasteiger charge is -2.27. The van der Waals surface area contributed by atoms with Crippen LogP contribution in [0.15, 0.2) is 12.1 Å². The lowest BCUT2D eigenvalue weighted by molar-refractivity contribution is -0.384. The molecule has 0 aliphatic rings. The van der Waals surface area contributed by atoms with E-state index in [9.17, 15) is 10.1 Å². The molecule has 0 amide bonds. The second-order valence-electron chi connectivity index (χ2n) is 6.05. The van der Waals surface area contributed by atoms with Crippen LogP contribution in [0, 0.1) is 22.0 Å². The minimum Gasteiger partial charge on any atom is -0.370 e. The molecule has 0 saturated carbocycles. The van der Waals surface area contributed by atoms with Gasteiger partial charge < -0.3 is 10.2 Å². The summed E-state index contributed by atoms with van der Waals surface area (Å²) in [7, 11) is 0. The van der Waals surface area contributed by atoms with Gasteiger partial charge in [0.05, 0.1) is 17.1 Å². The Kier molecular flexibility index (Phi) is 6.39. The number of rotatable bonds is 8. The largest absolute Gasteiger partial charge is 0.370 e. The number of anilines is 2. The van der Waals surface area contributed by atoms with E-state index in [2.05, 4.69) is 42.9 Å². The molecule has 6 heteroatoms. The van der Waals surface area contributed by atoms with Crippen LogP contribution in [-0.4, -0.2) is 29.5 Å². The van der Waals surface area contributed by atoms with Crippen molar-refractivity contribution < 1.29 is 4.92 Å². The van der Waals surface area contributed by atoms with Gasteiger partial charge in [0.2, 0.25) is 0 Å². The Labute approximate surface area is 126 Å². The van der Waals surface area contributed by atoms with Crippen molar-refractivity contribution in [3.05, 3.63) is 22.2 Å². The first-order chi connectivity index (χ1) is 9.83. The van der Waals surface area contributed by atoms with E-state index in [1.165, 1.54) is 6.07 Å². The number of hydrogen-bond acceptors (Lipinski definition) is 5. The summed E-state index contributed by atoms with van der Waals surface area (Å²) in [6, 6.07) is 3.04. The first-order valence-electron chi connectivity index (χ1n) is 7.48. The van der Waals surface area contributed by atoms with Gasteiger partial charge in [-0.25, -0.2) is 4.98 Å². The van der Waals surface area contributed by atoms with Gasteiger partial charge in [-0.2, -0.15) is 0 Å². The zero-order valence-electron chi connectivity index (χ0n) is 13.6. The van der Waals surface area contributed by atoms with Crippen LogP contribution in [0.25, 0.3) is 0 Å². The van der Waals surface area contributed by atoms with Crippen molar-refractivity contribution in [2.75, 3.05) is 29.9 Å². The molecule has 1 aromatic rings. The average molecular weight is 294 g/mol. The van der Waals surface area contributed by atoms with Crippen LogP contribution in [0.5, 0.6) is 0 Å². The van der Waals surface area contributed by atoms with Crippen molar-refractivity contribution in [1.82, 2.24) is 4.98 Å². The van der Waals surface area contributed by atoms with E-state index in [-0.39, 0.29) is 10.6 Å². The lowest BCUT2D eigenvalue weighted by Crippen LogP contribution is -2.32. The SMILES string of the molecule is CCNc1cc([N+](=O)[O-])cc(N(CC(C)C)CC(C)C)n1. The summed E-state index contributed by atoms with van der Waals surface area (Å²) in [4.78, 5) is 17.4. The molecule has 0 aromatic carbocycles. The molecule has 0 aliphatic carbocycles. The van der Waals surface area contributed by atoms with Gasteiger partial charge in [-0.1, -0.05) is 27.7 Å². The Balaban J connectivity index is 3.17. The Hall–Kier alpha value is -1.85. The van der Waals surface area contributed by atoms with Gasteiger partial charge in [0.1, 0.15) is 11.6 Å². The molecule has 0 saturated heterocycles. The highest BCUT2D eigenvalue weighted by molar-refractivity contribution is 5.56. The molecule has 0 fully saturated rings. The predicted octanol–water partition coefficient (Wildman–Crippen LogP) is 3.54. The van der Waals surface area contributed by atoms with Crippen LogP contribution < -0.4 is 10.2 Å². The fraction of sp³-hybridized carbons (Fsp3) is 0.667. The topological polar surface area (TPSA) is 71.3 Å². The van der Waals surface area contributed by atoms with Gasteiger partial charge in [0.15, 0.2) is 0 Å². The molecule has 1 rings (SSSR count). The Bertz CT molecular complexity index is 465. The van der Waals surface area contributed by atoms with E-state index in [4.69, 9.17) is 0 Å². The highest BCUT2D eigenvalue weighted by atomic mass is 16.6. The summed E-state index contributed by atoms with van der Waals surface area (Å²) in [6.45, 7) is 12.8. The van der Waals surface area contributed by atoms with Crippen molar-refractivity contribution in [1.29, 1.82) is 0 Å². The molecular weight excluding hydrogens is 268 g/mol. The van der Waals surface area contributed by atoms with Crippen molar-refractivity contribution in [2.45, 2.75) is 34.6 Å². The van der Waals surface area contributed by atoms with Gasteiger partial charge in [0, 0.05) is 19.6 Å². The monoisotopic (exact) mass is 294 g/mol. The fourth-order valence-corrected chi connectivity index (χ4v) is 2.18. The molecule has 21 heavy (non-hydrogen) atoms. The van der Waals surface area contributed by atoms with E-state index in [0.29, 0.717) is 30.0 Å². The van der Waals surface area contributed by atoms with Crippen LogP contribution in [0.1, 0.15) is 34.6 Å². The number of nitrogens with one attached hydrogen (secondary N) is 1. The number of nitro groups is 1. The highest BCUT2D eigenvalue weighted by Crippen LogP contribution is 2.24. The molecule has 118 valence electrons. The highest BCUT2D eigenvalue weighted by Gasteiger charge is 2.17. The first kappa shape index (κ1) is 17.2. The fourth-order valence-electron chi connectivity index (χ4n) is 2.18. The van der Waals surface area contributed by atoms with Crippen molar-refractivity contribution in [3.8, 4) is 0 Å². The second kappa shape index (κ2) is 7.81. The molecule has 0 spiro atoms. The summed E-state index contributed by atoms with van der Waals surface area (Å²) in [5.74, 6) is 2.15. The Morgan fingerprint density at radius 2 is 1.81 bits per heavy atom. The van der Waals surface area contributed by atoms with Crippen LogP contribution >= 0.6 is 0 Å². The zero-order chi connectivity index (χ0) is 16.0. The van der Waals surface area contributed by atoms with Gasteiger partial charge in [-0.05, 0) is 18.8 Å². The molecule has 0 bridgehead atoms. The Morgan fingerprint density at radius 1 is 1.24 bits per heavy atom. The van der Waals surface area contributed by atoms with Gasteiger partial charge >= 0.3 is 0 Å². The van der Waals surface area contributed by atoms with E-state index in [1.54, 1.807) is 6.07 Å². The summed E-state index contributed by atoms with van der Waals surface area (Å²) in [5, 5.41) is 14.2. The third-order valence-corrected chi connectivity index (χ3v) is 2.86. The summed E-state index contributed by atoms with van der Waals surface area (Å²) >= 11 is 0. The quantitative estimate of drug-likeness (QED) is 0.586. The molecule has 0 aliphatic heterocycles. The molecule has 0 unspecified atom stereocenters. The van der Waals surface area contributed by atoms with Crippen molar-refractivity contribution in [3.63, 3.8) is 0 Å². The Morgan fingerprint density at radius 3 is 2.24 bits per heavy atom. The first-order valence-corrected chi connectivity index (χ1v) is 7.48. The number of hydrogen-bond donors (Lipinski definition) is 1. The zero-order valence-corrected chi connectivity index (χ0v) is 13.6. The maximum absolute atomic E-state index is 11.1. The summed E-state index contributed by atoms with van der Waals surface area (Å²) in [5.41, 5.74) is 0.0773. The average Bonchev–Trinajstić information content (AvgIpc) is 2.36. The second-order valence-corrected chi connectivity index (χ2v) is 6.05. The molecule has 1 N–H and O–H groups in total. The lowest BCUT2D eigenvalue weighted by atomic mass is 10.1. The van der Waals surface area contributed by atoms with Crippen molar-refractivity contribution in [2.24, 2.45) is 11.8 Å². The predicted molar refractivity (Wildman–Crippen MR) is 86.9 cm³/mol. The smallest absolute Gasteiger partial charge is 0.276 e. The summed E-state index contributed by atoms with van der Waals surface area (Å²) < 4.78 is 0. The maximum atomic E-state index is 11.1. The van der Waals surface area contributed by atoms with Gasteiger partial charge in [0.25, 0.3) is 5.69 Å². The van der Waals surface area contributed by atoms with Crippen LogP contribution in [-0.2, 0) is 0 Å². The van der Waals surface area contributed by atoms with E-state index < -0.39 is 0 Å². The number of aromatic nitrogens is 1. The van der Waals surface area contributed by atoms with Gasteiger partial charge in [-0.15, -0.1) is 0 Å². The standard InChI is InChI=1S/C15H26N4O2/c1-6-16-14-7-13(19(20)21)8-15(17-14)18(9-11(2)3)10-12(4)5/h7-8,11-12H,6,9-10H2,1-5H3,(H,16,17). The maximum Gasteiger partial charge on any atom is 0.276 e. The van der Waals surface area contributed by atoms with Crippen molar-refractivity contribution >= 4 is 17.3 Å². The van der Waals surface area contributed by atoms with Gasteiger partial charge in [-0.3, -0.25) is 10.1 Å². The molecule has 0 radical (unpaired) electrons. The van der Waals surface area contributed by atoms with Crippen LogP contribution in [0.4, 0.5) is 17.3 Å². The number of nitrogens with zero attached hydrogens (tertiary/aromatic N) is 3. The number of pyridine rings is 1. The minimum absolute atomic E-state index is 0.0773. The molecule has 0 atom stereocenters. The van der Waals surface area contributed by atoms with E-state index >= 15 is 0 Å². The summed E-state index contributed by atoms with van der Waals surface area (Å²) in [6.07, 6.45) is 0. The molecule has 1 heterocycles. The normalized spacial score (nSPS) is 11.0. The third kappa shape index (κ3) is 5.57.